The standard InChI is InChI=1S/C17H21F3N4O2/c1-10-13(8-9-14(25)26-12-6-4-3-5-7-12)11(2)24-16(21-10)22-15(23-24)17(18,19)20/h12H,3-9H2,1-2H3. The molecule has 0 aliphatic heterocycles. The normalized spacial score (nSPS) is 16.2. The number of hydrogen-bond donors (Lipinski definition) is 0. The summed E-state index contributed by atoms with van der Waals surface area (Å²) in [7, 11) is 0. The number of carbonyl (C=O) groups excluding carboxylic acids is 1. The van der Waals surface area contributed by atoms with Crippen LogP contribution in [0.5, 0.6) is 0 Å². The zero-order valence-electron chi connectivity index (χ0n) is 14.8. The first-order valence-electron chi connectivity index (χ1n) is 8.75. The Bertz CT molecular complexity index is 810. The molecule has 1 fully saturated rings. The molecule has 0 amide bonds. The van der Waals surface area contributed by atoms with Crippen LogP contribution in [-0.4, -0.2) is 31.7 Å². The van der Waals surface area contributed by atoms with Crippen LogP contribution in [0.3, 0.4) is 0 Å². The fourth-order valence-corrected chi connectivity index (χ4v) is 3.35. The molecule has 0 atom stereocenters. The number of esters is 1. The number of aromatic nitrogens is 4. The molecule has 0 aromatic carbocycles. The molecular formula is C17H21F3N4O2. The van der Waals surface area contributed by atoms with Crippen molar-refractivity contribution in [3.05, 3.63) is 22.8 Å². The van der Waals surface area contributed by atoms with Gasteiger partial charge < -0.3 is 4.74 Å². The summed E-state index contributed by atoms with van der Waals surface area (Å²) in [5, 5.41) is 3.51. The second-order valence-electron chi connectivity index (χ2n) is 6.66. The van der Waals surface area contributed by atoms with E-state index in [9.17, 15) is 18.0 Å². The van der Waals surface area contributed by atoms with Crippen LogP contribution in [0, 0.1) is 13.8 Å². The monoisotopic (exact) mass is 370 g/mol. The molecule has 26 heavy (non-hydrogen) atoms. The number of alkyl halides is 3. The van der Waals surface area contributed by atoms with Gasteiger partial charge >= 0.3 is 12.1 Å². The topological polar surface area (TPSA) is 69.4 Å². The number of nitrogens with zero attached hydrogens (tertiary/aromatic N) is 4. The maximum atomic E-state index is 12.8. The minimum atomic E-state index is -4.63. The molecule has 1 aliphatic carbocycles. The summed E-state index contributed by atoms with van der Waals surface area (Å²) in [5.74, 6) is -1.60. The highest BCUT2D eigenvalue weighted by Gasteiger charge is 2.37. The third kappa shape index (κ3) is 3.96. The molecule has 9 heteroatoms. The smallest absolute Gasteiger partial charge is 0.453 e. The highest BCUT2D eigenvalue weighted by molar-refractivity contribution is 5.70. The first-order chi connectivity index (χ1) is 12.3. The molecule has 142 valence electrons. The minimum Gasteiger partial charge on any atom is -0.462 e. The van der Waals surface area contributed by atoms with Crippen molar-refractivity contribution in [1.82, 2.24) is 19.6 Å². The van der Waals surface area contributed by atoms with Crippen LogP contribution in [0.15, 0.2) is 0 Å². The van der Waals surface area contributed by atoms with E-state index in [4.69, 9.17) is 4.74 Å². The summed E-state index contributed by atoms with van der Waals surface area (Å²) in [6, 6.07) is 0. The lowest BCUT2D eigenvalue weighted by atomic mass is 9.98. The van der Waals surface area contributed by atoms with Crippen LogP contribution in [0.4, 0.5) is 13.2 Å². The van der Waals surface area contributed by atoms with Crippen LogP contribution in [-0.2, 0) is 22.1 Å². The van der Waals surface area contributed by atoms with Gasteiger partial charge in [0, 0.05) is 17.8 Å². The highest BCUT2D eigenvalue weighted by Crippen LogP contribution is 2.27. The number of carbonyl (C=O) groups is 1. The Hall–Kier alpha value is -2.19. The summed E-state index contributed by atoms with van der Waals surface area (Å²) in [6.07, 6.45) is 0.985. The molecule has 1 aliphatic rings. The van der Waals surface area contributed by atoms with Gasteiger partial charge in [-0.15, -0.1) is 5.10 Å². The first-order valence-corrected chi connectivity index (χ1v) is 8.75. The zero-order valence-corrected chi connectivity index (χ0v) is 14.8. The van der Waals surface area contributed by atoms with Crippen molar-refractivity contribution in [2.45, 2.75) is 71.1 Å². The summed E-state index contributed by atoms with van der Waals surface area (Å²) < 4.78 is 45.0. The van der Waals surface area contributed by atoms with Gasteiger partial charge in [0.15, 0.2) is 0 Å². The number of hydrogen-bond acceptors (Lipinski definition) is 5. The van der Waals surface area contributed by atoms with Gasteiger partial charge in [0.05, 0.1) is 0 Å². The Morgan fingerprint density at radius 1 is 1.19 bits per heavy atom. The summed E-state index contributed by atoms with van der Waals surface area (Å²) >= 11 is 0. The molecule has 0 N–H and O–H groups in total. The number of ether oxygens (including phenoxy) is 1. The maximum Gasteiger partial charge on any atom is 0.453 e. The molecule has 1 saturated carbocycles. The Labute approximate surface area is 148 Å². The Balaban J connectivity index is 1.74. The fourth-order valence-electron chi connectivity index (χ4n) is 3.35. The zero-order chi connectivity index (χ0) is 18.9. The van der Waals surface area contributed by atoms with Crippen molar-refractivity contribution in [2.75, 3.05) is 0 Å². The molecule has 0 unspecified atom stereocenters. The van der Waals surface area contributed by atoms with E-state index in [1.165, 1.54) is 6.42 Å². The summed E-state index contributed by atoms with van der Waals surface area (Å²) in [6.45, 7) is 3.34. The van der Waals surface area contributed by atoms with E-state index in [0.717, 1.165) is 30.2 Å². The van der Waals surface area contributed by atoms with Crippen LogP contribution < -0.4 is 0 Å². The van der Waals surface area contributed by atoms with E-state index >= 15 is 0 Å². The molecule has 2 heterocycles. The second kappa shape index (κ2) is 7.20. The van der Waals surface area contributed by atoms with Crippen molar-refractivity contribution >= 4 is 11.7 Å². The average molecular weight is 370 g/mol. The first kappa shape index (κ1) is 18.6. The van der Waals surface area contributed by atoms with Crippen molar-refractivity contribution in [3.8, 4) is 0 Å². The predicted octanol–water partition coefficient (Wildman–Crippen LogP) is 3.57. The van der Waals surface area contributed by atoms with Crippen molar-refractivity contribution in [1.29, 1.82) is 0 Å². The number of rotatable bonds is 4. The molecule has 6 nitrogen and oxygen atoms in total. The van der Waals surface area contributed by atoms with Crippen molar-refractivity contribution in [3.63, 3.8) is 0 Å². The average Bonchev–Trinajstić information content (AvgIpc) is 3.00. The molecule has 0 saturated heterocycles. The Kier molecular flexibility index (Phi) is 5.15. The number of halogens is 3. The lowest BCUT2D eigenvalue weighted by Gasteiger charge is -2.21. The van der Waals surface area contributed by atoms with Gasteiger partial charge in [-0.3, -0.25) is 4.79 Å². The summed E-state index contributed by atoms with van der Waals surface area (Å²) in [4.78, 5) is 19.6. The third-order valence-corrected chi connectivity index (χ3v) is 4.73. The molecule has 2 aromatic rings. The van der Waals surface area contributed by atoms with Gasteiger partial charge in [-0.25, -0.2) is 9.50 Å². The van der Waals surface area contributed by atoms with Crippen LogP contribution in [0.2, 0.25) is 0 Å². The quantitative estimate of drug-likeness (QED) is 0.770. The van der Waals surface area contributed by atoms with Gasteiger partial charge in [0.1, 0.15) is 6.10 Å². The van der Waals surface area contributed by atoms with E-state index in [2.05, 4.69) is 15.1 Å². The van der Waals surface area contributed by atoms with E-state index < -0.39 is 12.0 Å². The molecule has 0 bridgehead atoms. The van der Waals surface area contributed by atoms with Crippen LogP contribution >= 0.6 is 0 Å². The second-order valence-corrected chi connectivity index (χ2v) is 6.66. The molecule has 2 aromatic heterocycles. The summed E-state index contributed by atoms with van der Waals surface area (Å²) in [5.41, 5.74) is 1.74. The highest BCUT2D eigenvalue weighted by atomic mass is 19.4. The van der Waals surface area contributed by atoms with Crippen molar-refractivity contribution < 1.29 is 22.7 Å². The lowest BCUT2D eigenvalue weighted by Crippen LogP contribution is -2.21. The lowest BCUT2D eigenvalue weighted by molar-refractivity contribution is -0.150. The predicted molar refractivity (Wildman–Crippen MR) is 86.5 cm³/mol. The van der Waals surface area contributed by atoms with Gasteiger partial charge in [-0.05, 0) is 51.5 Å². The number of fused-ring (bicyclic) bond motifs is 1. The van der Waals surface area contributed by atoms with E-state index in [1.54, 1.807) is 13.8 Å². The fraction of sp³-hybridized carbons (Fsp3) is 0.647. The van der Waals surface area contributed by atoms with Crippen LogP contribution in [0.25, 0.3) is 5.78 Å². The SMILES string of the molecule is Cc1nc2nc(C(F)(F)F)nn2c(C)c1CCC(=O)OC1CCCCC1. The molecular weight excluding hydrogens is 349 g/mol. The van der Waals surface area contributed by atoms with E-state index in [0.29, 0.717) is 23.4 Å². The Morgan fingerprint density at radius 2 is 1.88 bits per heavy atom. The minimum absolute atomic E-state index is 0.0105. The van der Waals surface area contributed by atoms with Crippen LogP contribution in [0.1, 0.15) is 61.3 Å². The molecule has 3 rings (SSSR count). The van der Waals surface area contributed by atoms with Crippen molar-refractivity contribution in [2.24, 2.45) is 0 Å². The molecule has 0 spiro atoms. The van der Waals surface area contributed by atoms with Gasteiger partial charge in [-0.2, -0.15) is 18.2 Å². The van der Waals surface area contributed by atoms with E-state index in [-0.39, 0.29) is 24.3 Å². The Morgan fingerprint density at radius 3 is 2.54 bits per heavy atom. The molecule has 0 radical (unpaired) electrons. The largest absolute Gasteiger partial charge is 0.462 e. The van der Waals surface area contributed by atoms with Gasteiger partial charge in [0.25, 0.3) is 11.6 Å². The number of aryl methyl sites for hydroxylation is 2. The van der Waals surface area contributed by atoms with E-state index in [1.807, 2.05) is 0 Å². The van der Waals surface area contributed by atoms with Gasteiger partial charge in [-0.1, -0.05) is 6.42 Å². The third-order valence-electron chi connectivity index (χ3n) is 4.73. The maximum absolute atomic E-state index is 12.8. The van der Waals surface area contributed by atoms with Gasteiger partial charge in [0.2, 0.25) is 0 Å².